The van der Waals surface area contributed by atoms with Crippen molar-refractivity contribution in [3.63, 3.8) is 0 Å². The normalized spacial score (nSPS) is 12.8. The Labute approximate surface area is 213 Å². The Hall–Kier alpha value is -1.76. The Morgan fingerprint density at radius 2 is 1.82 bits per heavy atom. The van der Waals surface area contributed by atoms with E-state index in [0.29, 0.717) is 18.7 Å². The zero-order chi connectivity index (χ0) is 24.1. The minimum Gasteiger partial charge on any atom is -0.493 e. The highest BCUT2D eigenvalue weighted by Gasteiger charge is 2.19. The summed E-state index contributed by atoms with van der Waals surface area (Å²) in [6.45, 7) is 11.3. The third kappa shape index (κ3) is 9.12. The van der Waals surface area contributed by atoms with Gasteiger partial charge in [0.15, 0.2) is 11.5 Å². The van der Waals surface area contributed by atoms with Crippen molar-refractivity contribution in [3.05, 3.63) is 23.9 Å². The second kappa shape index (κ2) is 16.8. The molecule has 6 nitrogen and oxygen atoms in total. The van der Waals surface area contributed by atoms with Gasteiger partial charge >= 0.3 is 0 Å². The molecule has 2 aromatic rings. The maximum Gasteiger partial charge on any atom is 0.170 e. The number of halogens is 1. The first-order valence-corrected chi connectivity index (χ1v) is 12.9. The fourth-order valence-corrected chi connectivity index (χ4v) is 4.19. The van der Waals surface area contributed by atoms with Gasteiger partial charge in [-0.1, -0.05) is 26.7 Å². The summed E-state index contributed by atoms with van der Waals surface area (Å²) in [5, 5.41) is 8.37. The number of hydrogen-bond donors (Lipinski definition) is 3. The summed E-state index contributed by atoms with van der Waals surface area (Å²) in [6.07, 6.45) is 10.6. The maximum absolute atomic E-state index is 6.27. The largest absolute Gasteiger partial charge is 0.493 e. The molecule has 0 spiro atoms. The number of nitrogens with two attached hydrogens (primary N) is 1. The molecule has 0 saturated heterocycles. The van der Waals surface area contributed by atoms with Gasteiger partial charge in [0.25, 0.3) is 0 Å². The lowest BCUT2D eigenvalue weighted by Gasteiger charge is -2.21. The number of nitrogens with zero attached hydrogens (tertiary/aromatic N) is 1. The Balaban J connectivity index is 0.00000578. The summed E-state index contributed by atoms with van der Waals surface area (Å²) >= 11 is 0. The zero-order valence-corrected chi connectivity index (χ0v) is 22.7. The summed E-state index contributed by atoms with van der Waals surface area (Å²) < 4.78 is 12.0. The molecule has 0 bridgehead atoms. The second-order valence-electron chi connectivity index (χ2n) is 9.03. The molecule has 1 aromatic heterocycles. The van der Waals surface area contributed by atoms with Crippen LogP contribution in [-0.4, -0.2) is 43.9 Å². The van der Waals surface area contributed by atoms with Crippen LogP contribution in [0.2, 0.25) is 0 Å². The van der Waals surface area contributed by atoms with Crippen LogP contribution >= 0.6 is 12.4 Å². The van der Waals surface area contributed by atoms with E-state index in [4.69, 9.17) is 20.2 Å². The van der Waals surface area contributed by atoms with Crippen molar-refractivity contribution >= 4 is 29.0 Å². The summed E-state index contributed by atoms with van der Waals surface area (Å²) in [4.78, 5) is 4.75. The van der Waals surface area contributed by atoms with Crippen LogP contribution in [-0.2, 0) is 6.42 Å². The van der Waals surface area contributed by atoms with Gasteiger partial charge < -0.3 is 25.8 Å². The third-order valence-corrected chi connectivity index (χ3v) is 6.16. The summed E-state index contributed by atoms with van der Waals surface area (Å²) in [6, 6.07) is 4.98. The average molecular weight is 495 g/mol. The fourth-order valence-electron chi connectivity index (χ4n) is 4.19. The molecular weight excluding hydrogens is 448 g/mol. The Kier molecular flexibility index (Phi) is 15.0. The highest BCUT2D eigenvalue weighted by molar-refractivity contribution is 5.99. The molecule has 2 atom stereocenters. The molecule has 0 aliphatic rings. The molecule has 0 fully saturated rings. The van der Waals surface area contributed by atoms with Crippen molar-refractivity contribution in [2.75, 3.05) is 32.1 Å². The molecular formula is C27H47ClN4O2. The molecule has 0 radical (unpaired) electrons. The first kappa shape index (κ1) is 30.3. The first-order chi connectivity index (χ1) is 16.0. The lowest BCUT2D eigenvalue weighted by atomic mass is 10.0. The molecule has 4 N–H and O–H groups in total. The maximum atomic E-state index is 6.27. The molecule has 34 heavy (non-hydrogen) atoms. The number of benzene rings is 1. The third-order valence-electron chi connectivity index (χ3n) is 6.16. The minimum atomic E-state index is 0. The number of fused-ring (bicyclic) bond motifs is 1. The van der Waals surface area contributed by atoms with Crippen LogP contribution in [0.4, 0.5) is 5.69 Å². The van der Waals surface area contributed by atoms with Crippen molar-refractivity contribution in [1.29, 1.82) is 0 Å². The van der Waals surface area contributed by atoms with Crippen LogP contribution in [0.1, 0.15) is 78.2 Å². The van der Waals surface area contributed by atoms with Gasteiger partial charge in [-0.05, 0) is 77.1 Å². The lowest BCUT2D eigenvalue weighted by molar-refractivity contribution is 0.289. The first-order valence-electron chi connectivity index (χ1n) is 12.9. The van der Waals surface area contributed by atoms with Crippen molar-refractivity contribution in [2.24, 2.45) is 5.73 Å². The van der Waals surface area contributed by atoms with E-state index in [2.05, 4.69) is 44.4 Å². The number of methoxy groups -OCH3 is 1. The molecule has 1 aromatic carbocycles. The number of aryl methyl sites for hydroxylation is 1. The molecule has 0 aliphatic carbocycles. The number of nitrogens with one attached hydrogen (secondary N) is 2. The number of unbranched alkanes of at least 4 members (excludes halogenated alkanes) is 2. The SMILES string of the molecule is CCCCCOc1c(OC)cc(NC(C)CCCNC(C)CCCN)c2nccc(CC)c12.Cl. The zero-order valence-electron chi connectivity index (χ0n) is 21.9. The van der Waals surface area contributed by atoms with Crippen LogP contribution in [0.25, 0.3) is 10.9 Å². The van der Waals surface area contributed by atoms with Gasteiger partial charge in [0.05, 0.1) is 30.3 Å². The predicted octanol–water partition coefficient (Wildman–Crippen LogP) is 6.09. The smallest absolute Gasteiger partial charge is 0.170 e. The standard InChI is InChI=1S/C27H46N4O2.ClH/c1-6-8-9-18-33-27-24(32-5)19-23(26-25(27)22(7-2)14-17-30-26)31-21(4)13-11-16-29-20(3)12-10-15-28;/h14,17,19-21,29,31H,6-13,15-16,18,28H2,1-5H3;1H. The molecule has 0 aliphatic heterocycles. The van der Waals surface area contributed by atoms with Gasteiger partial charge in [0.2, 0.25) is 0 Å². The molecule has 194 valence electrons. The van der Waals surface area contributed by atoms with Gasteiger partial charge in [-0.15, -0.1) is 12.4 Å². The van der Waals surface area contributed by atoms with Gasteiger partial charge in [0.1, 0.15) is 0 Å². The van der Waals surface area contributed by atoms with Crippen molar-refractivity contribution in [1.82, 2.24) is 10.3 Å². The van der Waals surface area contributed by atoms with E-state index in [-0.39, 0.29) is 12.4 Å². The topological polar surface area (TPSA) is 81.4 Å². The summed E-state index contributed by atoms with van der Waals surface area (Å²) in [5.41, 5.74) is 8.81. The molecule has 0 saturated carbocycles. The van der Waals surface area contributed by atoms with Gasteiger partial charge in [-0.2, -0.15) is 0 Å². The Bertz CT molecular complexity index is 834. The number of hydrogen-bond acceptors (Lipinski definition) is 6. The lowest BCUT2D eigenvalue weighted by Crippen LogP contribution is -2.28. The van der Waals surface area contributed by atoms with Gasteiger partial charge in [0, 0.05) is 24.3 Å². The van der Waals surface area contributed by atoms with E-state index < -0.39 is 0 Å². The van der Waals surface area contributed by atoms with Gasteiger partial charge in [-0.3, -0.25) is 4.98 Å². The van der Waals surface area contributed by atoms with E-state index in [9.17, 15) is 0 Å². The number of pyridine rings is 1. The van der Waals surface area contributed by atoms with Crippen LogP contribution in [0.5, 0.6) is 11.5 Å². The van der Waals surface area contributed by atoms with E-state index in [0.717, 1.165) is 86.1 Å². The Morgan fingerprint density at radius 1 is 1.06 bits per heavy atom. The van der Waals surface area contributed by atoms with Crippen LogP contribution in [0, 0.1) is 0 Å². The molecule has 2 unspecified atom stereocenters. The van der Waals surface area contributed by atoms with E-state index in [1.807, 2.05) is 12.3 Å². The number of rotatable bonds is 17. The van der Waals surface area contributed by atoms with Gasteiger partial charge in [-0.25, -0.2) is 0 Å². The molecule has 1 heterocycles. The molecule has 0 amide bonds. The van der Waals surface area contributed by atoms with Crippen LogP contribution in [0.15, 0.2) is 18.3 Å². The van der Waals surface area contributed by atoms with Crippen molar-refractivity contribution in [2.45, 2.75) is 91.1 Å². The number of ether oxygens (including phenoxy) is 2. The highest BCUT2D eigenvalue weighted by Crippen LogP contribution is 2.41. The average Bonchev–Trinajstić information content (AvgIpc) is 2.83. The quantitative estimate of drug-likeness (QED) is 0.231. The molecule has 2 rings (SSSR count). The fraction of sp³-hybridized carbons (Fsp3) is 0.667. The van der Waals surface area contributed by atoms with E-state index in [1.165, 1.54) is 12.0 Å². The Morgan fingerprint density at radius 3 is 2.50 bits per heavy atom. The highest BCUT2D eigenvalue weighted by atomic mass is 35.5. The number of anilines is 1. The van der Waals surface area contributed by atoms with Crippen molar-refractivity contribution in [3.8, 4) is 11.5 Å². The molecule has 7 heteroatoms. The van der Waals surface area contributed by atoms with Crippen LogP contribution < -0.4 is 25.8 Å². The summed E-state index contributed by atoms with van der Waals surface area (Å²) in [5.74, 6) is 1.59. The van der Waals surface area contributed by atoms with E-state index in [1.54, 1.807) is 7.11 Å². The van der Waals surface area contributed by atoms with Crippen molar-refractivity contribution < 1.29 is 9.47 Å². The second-order valence-corrected chi connectivity index (χ2v) is 9.03. The summed E-state index contributed by atoms with van der Waals surface area (Å²) in [7, 11) is 1.72. The predicted molar refractivity (Wildman–Crippen MR) is 148 cm³/mol. The minimum absolute atomic E-state index is 0. The monoisotopic (exact) mass is 494 g/mol. The van der Waals surface area contributed by atoms with Crippen LogP contribution in [0.3, 0.4) is 0 Å². The van der Waals surface area contributed by atoms with E-state index >= 15 is 0 Å². The number of aromatic nitrogens is 1.